The van der Waals surface area contributed by atoms with E-state index in [0.29, 0.717) is 42.1 Å². The third-order valence-electron chi connectivity index (χ3n) is 3.01. The first-order chi connectivity index (χ1) is 11.1. The summed E-state index contributed by atoms with van der Waals surface area (Å²) in [5.41, 5.74) is 0.617. The first kappa shape index (κ1) is 16.1. The van der Waals surface area contributed by atoms with Gasteiger partial charge in [-0.25, -0.2) is 0 Å². The van der Waals surface area contributed by atoms with Gasteiger partial charge >= 0.3 is 0 Å². The van der Waals surface area contributed by atoms with Gasteiger partial charge in [0.2, 0.25) is 5.13 Å². The van der Waals surface area contributed by atoms with Gasteiger partial charge in [-0.1, -0.05) is 23.1 Å². The number of anilines is 1. The third-order valence-corrected chi connectivity index (χ3v) is 5.00. The average molecular weight is 351 g/mol. The van der Waals surface area contributed by atoms with Crippen LogP contribution < -0.4 is 14.8 Å². The summed E-state index contributed by atoms with van der Waals surface area (Å²) < 4.78 is 11.7. The second kappa shape index (κ2) is 7.18. The predicted molar refractivity (Wildman–Crippen MR) is 91.2 cm³/mol. The van der Waals surface area contributed by atoms with Crippen molar-refractivity contribution in [1.29, 1.82) is 0 Å². The minimum absolute atomic E-state index is 0.0283. The maximum absolute atomic E-state index is 12.3. The molecule has 0 unspecified atom stereocenters. The highest BCUT2D eigenvalue weighted by Gasteiger charge is 2.16. The van der Waals surface area contributed by atoms with Crippen molar-refractivity contribution in [2.75, 3.05) is 24.3 Å². The Balaban J connectivity index is 1.60. The number of thioether (sulfide) groups is 1. The number of hydrogen-bond acceptors (Lipinski definition) is 8. The van der Waals surface area contributed by atoms with E-state index >= 15 is 0 Å². The zero-order valence-electron chi connectivity index (χ0n) is 12.9. The van der Waals surface area contributed by atoms with E-state index in [-0.39, 0.29) is 5.78 Å². The lowest BCUT2D eigenvalue weighted by Gasteiger charge is -2.18. The fourth-order valence-corrected chi connectivity index (χ4v) is 3.79. The molecule has 0 atom stereocenters. The van der Waals surface area contributed by atoms with Gasteiger partial charge in [-0.05, 0) is 32.0 Å². The van der Waals surface area contributed by atoms with Crippen molar-refractivity contribution in [3.63, 3.8) is 0 Å². The maximum atomic E-state index is 12.3. The fourth-order valence-electron chi connectivity index (χ4n) is 2.00. The molecule has 1 aromatic carbocycles. The SMILES string of the molecule is CC(C)Nc1nnc(SCC(=O)c2ccc3c(c2)OCCO3)s1. The van der Waals surface area contributed by atoms with E-state index < -0.39 is 0 Å². The molecule has 1 aromatic heterocycles. The lowest BCUT2D eigenvalue weighted by molar-refractivity contribution is 0.102. The molecule has 0 bridgehead atoms. The Morgan fingerprint density at radius 1 is 1.30 bits per heavy atom. The van der Waals surface area contributed by atoms with Gasteiger partial charge in [0.15, 0.2) is 21.6 Å². The van der Waals surface area contributed by atoms with Crippen LogP contribution in [0.5, 0.6) is 11.5 Å². The quantitative estimate of drug-likeness (QED) is 0.633. The van der Waals surface area contributed by atoms with E-state index in [1.165, 1.54) is 23.1 Å². The van der Waals surface area contributed by atoms with Gasteiger partial charge in [-0.2, -0.15) is 0 Å². The molecule has 3 rings (SSSR count). The number of carbonyl (C=O) groups excluding carboxylic acids is 1. The van der Waals surface area contributed by atoms with Crippen molar-refractivity contribution in [1.82, 2.24) is 10.2 Å². The third kappa shape index (κ3) is 4.14. The summed E-state index contributed by atoms with van der Waals surface area (Å²) in [5, 5.41) is 12.1. The minimum atomic E-state index is 0.0283. The molecule has 0 fully saturated rings. The Kier molecular flexibility index (Phi) is 5.02. The van der Waals surface area contributed by atoms with Crippen molar-refractivity contribution in [3.05, 3.63) is 23.8 Å². The molecule has 0 aliphatic carbocycles. The van der Waals surface area contributed by atoms with Crippen LogP contribution in [-0.4, -0.2) is 41.0 Å². The van der Waals surface area contributed by atoms with Crippen LogP contribution >= 0.6 is 23.1 Å². The van der Waals surface area contributed by atoms with Crippen molar-refractivity contribution >= 4 is 34.0 Å². The number of nitrogens with one attached hydrogen (secondary N) is 1. The van der Waals surface area contributed by atoms with Crippen molar-refractivity contribution < 1.29 is 14.3 Å². The molecule has 0 saturated heterocycles. The van der Waals surface area contributed by atoms with Crippen LogP contribution in [0.25, 0.3) is 0 Å². The molecule has 1 aliphatic heterocycles. The Morgan fingerprint density at radius 2 is 2.09 bits per heavy atom. The zero-order valence-corrected chi connectivity index (χ0v) is 14.5. The number of rotatable bonds is 6. The number of benzene rings is 1. The molecule has 2 aromatic rings. The Bertz CT molecular complexity index is 703. The van der Waals surface area contributed by atoms with Crippen LogP contribution in [0.2, 0.25) is 0 Å². The van der Waals surface area contributed by atoms with E-state index in [2.05, 4.69) is 15.5 Å². The number of carbonyl (C=O) groups is 1. The molecule has 8 heteroatoms. The summed E-state index contributed by atoms with van der Waals surface area (Å²) in [6, 6.07) is 5.59. The number of Topliss-reactive ketones (excluding diaryl/α,β-unsaturated/α-hetero) is 1. The largest absolute Gasteiger partial charge is 0.486 e. The Morgan fingerprint density at radius 3 is 2.87 bits per heavy atom. The highest BCUT2D eigenvalue weighted by atomic mass is 32.2. The van der Waals surface area contributed by atoms with Gasteiger partial charge in [-0.15, -0.1) is 10.2 Å². The number of ketones is 1. The number of hydrogen-bond donors (Lipinski definition) is 1. The molecule has 0 radical (unpaired) electrons. The van der Waals surface area contributed by atoms with Crippen LogP contribution in [0.15, 0.2) is 22.5 Å². The summed E-state index contributed by atoms with van der Waals surface area (Å²) in [5.74, 6) is 1.66. The van der Waals surface area contributed by atoms with Gasteiger partial charge in [0, 0.05) is 11.6 Å². The predicted octanol–water partition coefficient (Wildman–Crippen LogP) is 3.10. The highest BCUT2D eigenvalue weighted by Crippen LogP contribution is 2.32. The van der Waals surface area contributed by atoms with E-state index in [4.69, 9.17) is 9.47 Å². The van der Waals surface area contributed by atoms with Crippen molar-refractivity contribution in [3.8, 4) is 11.5 Å². The van der Waals surface area contributed by atoms with Crippen LogP contribution in [0.3, 0.4) is 0 Å². The molecular weight excluding hydrogens is 334 g/mol. The van der Waals surface area contributed by atoms with Crippen molar-refractivity contribution in [2.24, 2.45) is 0 Å². The smallest absolute Gasteiger partial charge is 0.206 e. The number of fused-ring (bicyclic) bond motifs is 1. The van der Waals surface area contributed by atoms with E-state index in [1.54, 1.807) is 18.2 Å². The second-order valence-electron chi connectivity index (χ2n) is 5.24. The summed E-state index contributed by atoms with van der Waals surface area (Å²) in [7, 11) is 0. The van der Waals surface area contributed by atoms with E-state index in [9.17, 15) is 4.79 Å². The molecule has 0 spiro atoms. The van der Waals surface area contributed by atoms with Gasteiger partial charge in [0.25, 0.3) is 0 Å². The van der Waals surface area contributed by atoms with E-state index in [1.807, 2.05) is 13.8 Å². The molecule has 1 N–H and O–H groups in total. The summed E-state index contributed by atoms with van der Waals surface area (Å²) in [6.45, 7) is 5.13. The van der Waals surface area contributed by atoms with Gasteiger partial charge in [0.05, 0.1) is 5.75 Å². The monoisotopic (exact) mass is 351 g/mol. The topological polar surface area (TPSA) is 73.3 Å². The van der Waals surface area contributed by atoms with Crippen LogP contribution in [0.1, 0.15) is 24.2 Å². The lowest BCUT2D eigenvalue weighted by atomic mass is 10.1. The second-order valence-corrected chi connectivity index (χ2v) is 7.44. The lowest BCUT2D eigenvalue weighted by Crippen LogP contribution is -2.16. The number of aromatic nitrogens is 2. The molecular formula is C15H17N3O3S2. The molecule has 0 saturated carbocycles. The normalized spacial score (nSPS) is 13.2. The standard InChI is InChI=1S/C15H17N3O3S2/c1-9(2)16-14-17-18-15(23-14)22-8-11(19)10-3-4-12-13(7-10)21-6-5-20-12/h3-4,7,9H,5-6,8H2,1-2H3,(H,16,17). The molecule has 23 heavy (non-hydrogen) atoms. The molecule has 1 aliphatic rings. The summed E-state index contributed by atoms with van der Waals surface area (Å²) in [4.78, 5) is 12.3. The van der Waals surface area contributed by atoms with Gasteiger partial charge < -0.3 is 14.8 Å². The van der Waals surface area contributed by atoms with Crippen LogP contribution in [0, 0.1) is 0 Å². The van der Waals surface area contributed by atoms with E-state index in [0.717, 1.165) is 9.47 Å². The highest BCUT2D eigenvalue weighted by molar-refractivity contribution is 8.01. The summed E-state index contributed by atoms with van der Waals surface area (Å²) in [6.07, 6.45) is 0. The van der Waals surface area contributed by atoms with Crippen LogP contribution in [-0.2, 0) is 0 Å². The Hall–Kier alpha value is -1.80. The zero-order chi connectivity index (χ0) is 16.2. The molecule has 6 nitrogen and oxygen atoms in total. The molecule has 122 valence electrons. The van der Waals surface area contributed by atoms with Gasteiger partial charge in [-0.3, -0.25) is 4.79 Å². The fraction of sp³-hybridized carbons (Fsp3) is 0.400. The number of ether oxygens (including phenoxy) is 2. The van der Waals surface area contributed by atoms with Crippen LogP contribution in [0.4, 0.5) is 5.13 Å². The van der Waals surface area contributed by atoms with Crippen molar-refractivity contribution in [2.45, 2.75) is 24.2 Å². The summed E-state index contributed by atoms with van der Waals surface area (Å²) >= 11 is 2.85. The number of nitrogens with zero attached hydrogens (tertiary/aromatic N) is 2. The minimum Gasteiger partial charge on any atom is -0.486 e. The Labute approximate surface area is 142 Å². The van der Waals surface area contributed by atoms with Gasteiger partial charge in [0.1, 0.15) is 13.2 Å². The maximum Gasteiger partial charge on any atom is 0.206 e. The molecule has 0 amide bonds. The average Bonchev–Trinajstić information content (AvgIpc) is 2.98. The first-order valence-electron chi connectivity index (χ1n) is 7.27. The molecule has 2 heterocycles. The first-order valence-corrected chi connectivity index (χ1v) is 9.08.